The van der Waals surface area contributed by atoms with Gasteiger partial charge in [0.15, 0.2) is 8.38 Å². The molecule has 14 N–H and O–H groups in total. The van der Waals surface area contributed by atoms with Gasteiger partial charge in [-0.3, -0.25) is 32.4 Å². The van der Waals surface area contributed by atoms with Crippen molar-refractivity contribution in [1.82, 2.24) is 47.8 Å². The van der Waals surface area contributed by atoms with E-state index in [-0.39, 0.29) is 166 Å². The lowest BCUT2D eigenvalue weighted by Gasteiger charge is -2.50. The number of aryl methyl sites for hydroxylation is 1. The number of hydrogen-bond acceptors (Lipinski definition) is 38. The second kappa shape index (κ2) is 57.6. The summed E-state index contributed by atoms with van der Waals surface area (Å²) >= 11 is 6.55. The fourth-order valence-electron chi connectivity index (χ4n) is 14.4. The normalized spacial score (nSPS) is 19.8. The molecule has 3 aliphatic heterocycles. The number of ketones is 1. The van der Waals surface area contributed by atoms with Crippen LogP contribution in [0.2, 0.25) is 44.3 Å². The number of hydrogen-bond donors (Lipinski definition) is 11. The van der Waals surface area contributed by atoms with Crippen molar-refractivity contribution in [2.24, 2.45) is 0 Å². The van der Waals surface area contributed by atoms with Crippen molar-refractivity contribution >= 4 is 142 Å². The molecule has 0 spiro atoms. The SMILES string of the molecule is CC(=O)CCC(SC1CO[Si](C(C)C)(C(C)C)O[Si](C(C)C)(C(C)C)OC1)n1ccc(NC(C)=O)nc1=O.CC(C)[Si]1(C(C)C)OCC(SC(CO)n2ccc(N)nc2=O)CO[Si](C(C)C)(C(C)C)O1.Nc1ccn(C(CO)SC(CO)CO)c(=O)n1.Nc1ccn([C@@H]2S[C@H](CO)C(O)C2O)c(=O)n1.[2H]C([3H])OCC(COP(C)OCC[N+]#[C-])SC(COC(C)=O)n1ccc(C)nc1=O. The van der Waals surface area contributed by atoms with Gasteiger partial charge < -0.3 is 112 Å². The number of nitrogens with one attached hydrogen (secondary N) is 1. The minimum absolute atomic E-state index is 0.0121. The highest BCUT2D eigenvalue weighted by Crippen LogP contribution is 2.50. The van der Waals surface area contributed by atoms with Crippen LogP contribution in [0.4, 0.5) is 23.3 Å². The van der Waals surface area contributed by atoms with Gasteiger partial charge in [0.2, 0.25) is 12.5 Å². The Kier molecular flexibility index (Phi) is 50.2. The summed E-state index contributed by atoms with van der Waals surface area (Å²) in [7, 11) is -13.3. The van der Waals surface area contributed by atoms with Gasteiger partial charge in [-0.25, -0.2) is 30.5 Å². The third kappa shape index (κ3) is 35.0. The summed E-state index contributed by atoms with van der Waals surface area (Å²) in [6.07, 6.45) is 6.23. The summed E-state index contributed by atoms with van der Waals surface area (Å²) in [5.41, 5.74) is 16.3. The Balaban J connectivity index is 0.000000361. The molecule has 5 aromatic heterocycles. The molecule has 0 saturated carbocycles. The molecular formula is C82H142N15O25PS5Si4. The van der Waals surface area contributed by atoms with Gasteiger partial charge in [0.1, 0.15) is 69.9 Å². The lowest BCUT2D eigenvalue weighted by molar-refractivity contribution is -0.141. The average molecular weight is 2040 g/mol. The van der Waals surface area contributed by atoms with Crippen molar-refractivity contribution in [3.63, 3.8) is 0 Å². The van der Waals surface area contributed by atoms with Crippen molar-refractivity contribution in [3.8, 4) is 0 Å². The van der Waals surface area contributed by atoms with Crippen LogP contribution >= 0.6 is 67.2 Å². The number of methoxy groups -OCH3 is 1. The van der Waals surface area contributed by atoms with Gasteiger partial charge in [-0.15, -0.1) is 58.8 Å². The molecule has 3 fully saturated rings. The number of thioether (sulfide) groups is 5. The number of amides is 1. The molecule has 132 heavy (non-hydrogen) atoms. The number of aromatic nitrogens is 10. The summed E-state index contributed by atoms with van der Waals surface area (Å²) in [5, 5.41) is 64.0. The summed E-state index contributed by atoms with van der Waals surface area (Å²) < 4.78 is 84.0. The van der Waals surface area contributed by atoms with Crippen LogP contribution in [-0.2, 0) is 58.8 Å². The number of nitrogens with two attached hydrogens (primary N) is 3. The topological polar surface area (TPSA) is 554 Å². The second-order valence-corrected chi connectivity index (χ2v) is 60.3. The third-order valence-electron chi connectivity index (χ3n) is 21.2. The van der Waals surface area contributed by atoms with Crippen molar-refractivity contribution in [2.75, 3.05) is 129 Å². The minimum atomic E-state index is -2.68. The molecule has 40 nitrogen and oxygen atoms in total. The summed E-state index contributed by atoms with van der Waals surface area (Å²) in [6.45, 7) is 50.5. The van der Waals surface area contributed by atoms with Crippen molar-refractivity contribution in [3.05, 3.63) is 131 Å². The quantitative estimate of drug-likeness (QED) is 0.00574. The smallest absolute Gasteiger partial charge is 0.350 e. The standard InChI is InChI=1S/C26H47N3O6SSi2.C21H41N3O5SSi2.C17H26N3O6PS.C9H13N3O4S.C9H15N3O4S/c1-17(2)37(18(3)4)33-15-23(16-34-38(35-37,19(5)6)20(7)8)36-25(12-11-21(9)30)29-14-13-24(27-22(10)31)28-26(29)32;1-14(2)31(15(3)4)27-12-18(13-28-32(29-31,16(5)6)17(7)8)30-20(11-25)24-10-9-19(22)23-21(24)26;1-13-6-8-20(17(22)19-13)16(12-24-14(2)21)28-15(10-23-4)11-26-27(5)25-9-7-18-3;10-5-1-2-12(9(16)11-5)8-7(15)6(14)4(3-13)17-8;10-7-1-2-12(9(16)11-7)8(5-15)17-6(3-13)4-14/h13-14,17-20,23,25H,11-12,15-16H2,1-10H3,(H,27,28,31,32);9-10,14-18,20,25H,11-13H2,1-8H3,(H2,22,23,26);6,8,15-16H,7,9-12H2,1-2,4-5H3;1-2,4,6-8,13-15H,3H2,(H2,10,11,16);1-2,6,8,13-15H,3-5H2,(H2,10,11,16)/t;;;4-,6?,7?,8-;/m...1./s1/i;;4TD;;. The zero-order valence-electron chi connectivity index (χ0n) is 81.3. The van der Waals surface area contributed by atoms with Gasteiger partial charge in [0.25, 0.3) is 0 Å². The second-order valence-electron chi connectivity index (χ2n) is 33.8. The number of nitrogen functional groups attached to an aromatic ring is 3. The molecule has 5 aromatic rings. The van der Waals surface area contributed by atoms with Gasteiger partial charge >= 0.3 is 68.7 Å². The Morgan fingerprint density at radius 3 is 1.39 bits per heavy atom. The Labute approximate surface area is 802 Å². The van der Waals surface area contributed by atoms with E-state index in [0.29, 0.717) is 45.0 Å². The highest BCUT2D eigenvalue weighted by atomic mass is 32.2. The van der Waals surface area contributed by atoms with Gasteiger partial charge in [0.05, 0.1) is 113 Å². The maximum atomic E-state index is 13.0. The molecule has 1 amide bonds. The van der Waals surface area contributed by atoms with Crippen LogP contribution in [0.3, 0.4) is 0 Å². The monoisotopic (exact) mass is 2040 g/mol. The number of rotatable bonds is 40. The van der Waals surface area contributed by atoms with Crippen LogP contribution in [0, 0.1) is 13.5 Å². The Morgan fingerprint density at radius 2 is 0.992 bits per heavy atom. The van der Waals surface area contributed by atoms with Gasteiger partial charge in [-0.1, -0.05) is 111 Å². The summed E-state index contributed by atoms with van der Waals surface area (Å²) in [6, 6.07) is 7.72. The van der Waals surface area contributed by atoms with E-state index in [1.807, 2.05) is 0 Å². The fraction of sp³-hybridized carbons (Fsp3) is 0.707. The number of aliphatic hydroxyl groups excluding tert-OH is 7. The Hall–Kier alpha value is -5.69. The van der Waals surface area contributed by atoms with Crippen LogP contribution in [0.1, 0.15) is 180 Å². The van der Waals surface area contributed by atoms with Crippen LogP contribution in [0.25, 0.3) is 4.85 Å². The Bertz CT molecular complexity index is 4700. The maximum Gasteiger partial charge on any atom is 0.350 e. The van der Waals surface area contributed by atoms with E-state index in [0.717, 1.165) is 23.5 Å². The van der Waals surface area contributed by atoms with Crippen LogP contribution in [-0.4, -0.2) is 280 Å². The van der Waals surface area contributed by atoms with Crippen molar-refractivity contribution < 1.29 is 97.3 Å². The largest absolute Gasteiger partial charge is 0.463 e. The number of nitrogens with zero attached hydrogens (tertiary/aromatic N) is 11. The first-order chi connectivity index (χ1) is 62.9. The number of carbonyl (C=O) groups excluding carboxylic acids is 3. The van der Waals surface area contributed by atoms with Crippen LogP contribution in [0.5, 0.6) is 0 Å². The highest BCUT2D eigenvalue weighted by molar-refractivity contribution is 8.01. The van der Waals surface area contributed by atoms with Gasteiger partial charge in [-0.05, 0) is 94.9 Å². The van der Waals surface area contributed by atoms with E-state index in [2.05, 4.69) is 146 Å². The lowest BCUT2D eigenvalue weighted by Crippen LogP contribution is -2.63. The molecule has 0 aliphatic carbocycles. The molecule has 50 heteroatoms. The lowest BCUT2D eigenvalue weighted by atomic mass is 10.1. The number of ether oxygens (including phenoxy) is 2. The predicted octanol–water partition coefficient (Wildman–Crippen LogP) is 8.58. The molecule has 0 radical (unpaired) electrons. The molecule has 3 saturated heterocycles. The zero-order chi connectivity index (χ0) is 101. The van der Waals surface area contributed by atoms with E-state index in [4.69, 9.17) is 86.3 Å². The van der Waals surface area contributed by atoms with Crippen molar-refractivity contribution in [2.45, 2.75) is 261 Å². The van der Waals surface area contributed by atoms with Crippen LogP contribution < -0.4 is 51.0 Å². The number of aliphatic hydroxyl groups is 7. The molecule has 11 atom stereocenters. The van der Waals surface area contributed by atoms with Gasteiger partial charge in [0, 0.05) is 70.7 Å². The molecule has 8 rings (SSSR count). The molecule has 0 aromatic carbocycles. The van der Waals surface area contributed by atoms with E-state index < -0.39 is 128 Å². The van der Waals surface area contributed by atoms with Crippen LogP contribution in [0.15, 0.2) is 85.3 Å². The molecular weight excluding hydrogens is 1900 g/mol. The third-order valence-corrected chi connectivity index (χ3v) is 49.8. The van der Waals surface area contributed by atoms with E-state index in [9.17, 15) is 58.8 Å². The first-order valence-electron chi connectivity index (χ1n) is 44.6. The summed E-state index contributed by atoms with van der Waals surface area (Å²) in [4.78, 5) is 117. The Morgan fingerprint density at radius 1 is 0.576 bits per heavy atom. The molecule has 8 heterocycles. The number of Topliss-reactive ketones (excluding diaryl/α,β-unsaturated/α-hetero) is 1. The van der Waals surface area contributed by atoms with Crippen molar-refractivity contribution in [1.29, 1.82) is 0 Å². The van der Waals surface area contributed by atoms with E-state index in [1.54, 1.807) is 73.6 Å². The first-order valence-corrected chi connectivity index (χ1v) is 57.7. The number of anilines is 4. The van der Waals surface area contributed by atoms with E-state index >= 15 is 0 Å². The first kappa shape index (κ1) is 115. The number of esters is 1. The number of carbonyl (C=O) groups is 3. The predicted molar refractivity (Wildman–Crippen MR) is 529 cm³/mol. The molecule has 3 aliphatic rings. The molecule has 9 unspecified atom stereocenters. The minimum Gasteiger partial charge on any atom is -0.463 e. The zero-order valence-corrected chi connectivity index (χ0v) is 88.3. The fourth-order valence-corrected chi connectivity index (χ4v) is 44.1. The van der Waals surface area contributed by atoms with Gasteiger partial charge in [-0.2, -0.15) is 24.9 Å². The maximum absolute atomic E-state index is 13.0. The average Bonchev–Trinajstić information content (AvgIpc) is 1.09. The van der Waals surface area contributed by atoms with E-state index in [1.165, 1.54) is 80.2 Å². The highest BCUT2D eigenvalue weighted by Gasteiger charge is 2.59. The summed E-state index contributed by atoms with van der Waals surface area (Å²) in [5.74, 6) is -0.149. The molecule has 746 valence electrons. The molecule has 0 bridgehead atoms.